The van der Waals surface area contributed by atoms with Crippen molar-refractivity contribution in [1.82, 2.24) is 25.3 Å². The van der Waals surface area contributed by atoms with Crippen LogP contribution < -0.4 is 5.32 Å². The number of aromatic nitrogens is 4. The fourth-order valence-electron chi connectivity index (χ4n) is 2.33. The molecule has 1 fully saturated rings. The molecule has 2 aromatic heterocycles. The molecule has 1 saturated heterocycles. The van der Waals surface area contributed by atoms with Crippen LogP contribution in [-0.4, -0.2) is 26.5 Å². The summed E-state index contributed by atoms with van der Waals surface area (Å²) in [6, 6.07) is 4.37. The first-order valence-electron chi connectivity index (χ1n) is 6.44. The minimum atomic E-state index is 0.376. The lowest BCUT2D eigenvalue weighted by Gasteiger charge is -2.20. The molecule has 3 rings (SSSR count). The lowest BCUT2D eigenvalue weighted by atomic mass is 10.0. The zero-order valence-electron chi connectivity index (χ0n) is 10.3. The molecule has 0 spiro atoms. The second kappa shape index (κ2) is 5.27. The van der Waals surface area contributed by atoms with Gasteiger partial charge in [-0.05, 0) is 31.0 Å². The molecule has 1 N–H and O–H groups in total. The number of piperidine rings is 1. The third-order valence-corrected chi connectivity index (χ3v) is 3.29. The molecule has 0 aromatic carbocycles. The first kappa shape index (κ1) is 11.3. The van der Waals surface area contributed by atoms with Crippen molar-refractivity contribution < 1.29 is 0 Å². The summed E-state index contributed by atoms with van der Waals surface area (Å²) in [5.74, 6) is 0. The molecule has 0 aliphatic carbocycles. The van der Waals surface area contributed by atoms with Crippen LogP contribution in [-0.2, 0) is 6.54 Å². The van der Waals surface area contributed by atoms with Gasteiger partial charge in [-0.15, -0.1) is 5.10 Å². The molecule has 3 heterocycles. The Kier molecular flexibility index (Phi) is 3.32. The number of rotatable bonds is 3. The van der Waals surface area contributed by atoms with Crippen LogP contribution >= 0.6 is 0 Å². The second-order valence-corrected chi connectivity index (χ2v) is 4.70. The first-order chi connectivity index (χ1) is 8.92. The Bertz CT molecular complexity index is 487. The Labute approximate surface area is 106 Å². The maximum Gasteiger partial charge on any atom is 0.0996 e. The minimum absolute atomic E-state index is 0.376. The molecule has 94 valence electrons. The Morgan fingerprint density at radius 3 is 3.17 bits per heavy atom. The number of nitrogens with zero attached hydrogens (tertiary/aromatic N) is 4. The molecule has 0 bridgehead atoms. The van der Waals surface area contributed by atoms with Crippen molar-refractivity contribution >= 4 is 0 Å². The fourth-order valence-corrected chi connectivity index (χ4v) is 2.33. The van der Waals surface area contributed by atoms with Gasteiger partial charge < -0.3 is 5.32 Å². The zero-order chi connectivity index (χ0) is 12.2. The van der Waals surface area contributed by atoms with Gasteiger partial charge >= 0.3 is 0 Å². The Morgan fingerprint density at radius 2 is 2.39 bits per heavy atom. The summed E-state index contributed by atoms with van der Waals surface area (Å²) in [6.07, 6.45) is 9.37. The van der Waals surface area contributed by atoms with Crippen molar-refractivity contribution in [2.24, 2.45) is 0 Å². The highest BCUT2D eigenvalue weighted by molar-refractivity contribution is 5.10. The molecule has 18 heavy (non-hydrogen) atoms. The maximum absolute atomic E-state index is 4.27. The van der Waals surface area contributed by atoms with Gasteiger partial charge in [0.05, 0.1) is 24.5 Å². The Balaban J connectivity index is 1.69. The summed E-state index contributed by atoms with van der Waals surface area (Å²) in [6.45, 7) is 1.81. The van der Waals surface area contributed by atoms with Crippen molar-refractivity contribution in [3.8, 4) is 0 Å². The molecule has 5 nitrogen and oxygen atoms in total. The van der Waals surface area contributed by atoms with E-state index >= 15 is 0 Å². The third kappa shape index (κ3) is 2.56. The SMILES string of the molecule is c1cncc(Cn2cc(C3CCCCN3)nn2)c1. The van der Waals surface area contributed by atoms with Crippen molar-refractivity contribution in [1.29, 1.82) is 0 Å². The van der Waals surface area contributed by atoms with Gasteiger partial charge in [-0.2, -0.15) is 0 Å². The van der Waals surface area contributed by atoms with Gasteiger partial charge in [0.1, 0.15) is 0 Å². The van der Waals surface area contributed by atoms with Crippen LogP contribution in [0.4, 0.5) is 0 Å². The van der Waals surface area contributed by atoms with Gasteiger partial charge in [-0.3, -0.25) is 4.98 Å². The van der Waals surface area contributed by atoms with E-state index in [1.54, 1.807) is 6.20 Å². The van der Waals surface area contributed by atoms with E-state index in [0.29, 0.717) is 6.04 Å². The smallest absolute Gasteiger partial charge is 0.0996 e. The molecule has 5 heteroatoms. The monoisotopic (exact) mass is 243 g/mol. The summed E-state index contributed by atoms with van der Waals surface area (Å²) >= 11 is 0. The van der Waals surface area contributed by atoms with E-state index < -0.39 is 0 Å². The molecule has 1 aliphatic rings. The topological polar surface area (TPSA) is 55.6 Å². The van der Waals surface area contributed by atoms with Gasteiger partial charge in [0.25, 0.3) is 0 Å². The van der Waals surface area contributed by atoms with Crippen LogP contribution in [0.1, 0.15) is 36.6 Å². The molecule has 0 radical (unpaired) electrons. The largest absolute Gasteiger partial charge is 0.309 e. The standard InChI is InChI=1S/C13H17N5/c1-2-7-15-12(5-1)13-10-18(17-16-13)9-11-4-3-6-14-8-11/h3-4,6,8,10,12,15H,1-2,5,7,9H2. The predicted octanol–water partition coefficient (Wildman–Crippen LogP) is 1.54. The summed E-state index contributed by atoms with van der Waals surface area (Å²) in [7, 11) is 0. The molecule has 1 unspecified atom stereocenters. The van der Waals surface area contributed by atoms with Crippen molar-refractivity contribution in [3.63, 3.8) is 0 Å². The highest BCUT2D eigenvalue weighted by Gasteiger charge is 2.17. The maximum atomic E-state index is 4.27. The quantitative estimate of drug-likeness (QED) is 0.888. The first-order valence-corrected chi connectivity index (χ1v) is 6.44. The lowest BCUT2D eigenvalue weighted by molar-refractivity contribution is 0.405. The van der Waals surface area contributed by atoms with Gasteiger partial charge in [0.2, 0.25) is 0 Å². The van der Waals surface area contributed by atoms with Gasteiger partial charge in [0.15, 0.2) is 0 Å². The molecular formula is C13H17N5. The highest BCUT2D eigenvalue weighted by Crippen LogP contribution is 2.20. The molecule has 0 amide bonds. The van der Waals surface area contributed by atoms with Crippen LogP contribution in [0.3, 0.4) is 0 Å². The van der Waals surface area contributed by atoms with Crippen molar-refractivity contribution in [2.75, 3.05) is 6.54 Å². The summed E-state index contributed by atoms with van der Waals surface area (Å²) < 4.78 is 1.88. The fraction of sp³-hybridized carbons (Fsp3) is 0.462. The van der Waals surface area contributed by atoms with Gasteiger partial charge in [-0.1, -0.05) is 17.7 Å². The lowest BCUT2D eigenvalue weighted by Crippen LogP contribution is -2.27. The van der Waals surface area contributed by atoms with Crippen LogP contribution in [0.25, 0.3) is 0 Å². The number of hydrogen-bond donors (Lipinski definition) is 1. The minimum Gasteiger partial charge on any atom is -0.309 e. The number of pyridine rings is 1. The Morgan fingerprint density at radius 1 is 1.39 bits per heavy atom. The van der Waals surface area contributed by atoms with Crippen LogP contribution in [0, 0.1) is 0 Å². The van der Waals surface area contributed by atoms with Crippen LogP contribution in [0.15, 0.2) is 30.7 Å². The highest BCUT2D eigenvalue weighted by atomic mass is 15.4. The van der Waals surface area contributed by atoms with E-state index in [2.05, 4.69) is 20.6 Å². The molecule has 1 atom stereocenters. The average Bonchev–Trinajstić information content (AvgIpc) is 2.89. The number of hydrogen-bond acceptors (Lipinski definition) is 4. The van der Waals surface area contributed by atoms with Crippen LogP contribution in [0.2, 0.25) is 0 Å². The molecule has 0 saturated carbocycles. The second-order valence-electron chi connectivity index (χ2n) is 4.70. The van der Waals surface area contributed by atoms with E-state index in [4.69, 9.17) is 0 Å². The summed E-state index contributed by atoms with van der Waals surface area (Å²) in [5.41, 5.74) is 2.20. The van der Waals surface area contributed by atoms with E-state index in [1.807, 2.05) is 29.2 Å². The van der Waals surface area contributed by atoms with E-state index in [9.17, 15) is 0 Å². The zero-order valence-corrected chi connectivity index (χ0v) is 10.3. The average molecular weight is 243 g/mol. The van der Waals surface area contributed by atoms with Crippen molar-refractivity contribution in [3.05, 3.63) is 42.0 Å². The Hall–Kier alpha value is -1.75. The third-order valence-electron chi connectivity index (χ3n) is 3.29. The molecule has 2 aromatic rings. The van der Waals surface area contributed by atoms with E-state index in [1.165, 1.54) is 12.8 Å². The van der Waals surface area contributed by atoms with Gasteiger partial charge in [-0.25, -0.2) is 4.68 Å². The van der Waals surface area contributed by atoms with Crippen LogP contribution in [0.5, 0.6) is 0 Å². The van der Waals surface area contributed by atoms with E-state index in [0.717, 1.165) is 30.8 Å². The van der Waals surface area contributed by atoms with E-state index in [-0.39, 0.29) is 0 Å². The van der Waals surface area contributed by atoms with Gasteiger partial charge in [0, 0.05) is 12.4 Å². The van der Waals surface area contributed by atoms with Crippen molar-refractivity contribution in [2.45, 2.75) is 31.8 Å². The predicted molar refractivity (Wildman–Crippen MR) is 68.0 cm³/mol. The number of nitrogens with one attached hydrogen (secondary N) is 1. The summed E-state index contributed by atoms with van der Waals surface area (Å²) in [4.78, 5) is 4.10. The summed E-state index contributed by atoms with van der Waals surface area (Å²) in [5, 5.41) is 11.9. The molecule has 1 aliphatic heterocycles. The molecular weight excluding hydrogens is 226 g/mol. The normalized spacial score (nSPS) is 19.9.